The first-order chi connectivity index (χ1) is 10.1. The van der Waals surface area contributed by atoms with Crippen molar-refractivity contribution in [3.05, 3.63) is 29.3 Å². The molecule has 2 rings (SSSR count). The minimum atomic E-state index is -0.000450. The summed E-state index contributed by atoms with van der Waals surface area (Å²) in [5.41, 5.74) is 3.31. The number of aryl methyl sites for hydroxylation is 2. The molecule has 0 atom stereocenters. The first-order valence-corrected chi connectivity index (χ1v) is 9.92. The van der Waals surface area contributed by atoms with Crippen LogP contribution in [0.5, 0.6) is 0 Å². The molecule has 116 valence electrons. The fourth-order valence-corrected chi connectivity index (χ4v) is 5.44. The lowest BCUT2D eigenvalue weighted by molar-refractivity contribution is -0.116. The molecule has 1 amide bonds. The molecule has 0 saturated carbocycles. The van der Waals surface area contributed by atoms with E-state index in [1.54, 1.807) is 0 Å². The third kappa shape index (κ3) is 4.57. The number of amides is 1. The Balaban J connectivity index is 2.24. The van der Waals surface area contributed by atoms with E-state index in [1.165, 1.54) is 24.3 Å². The standard InChI is InChI=1S/C16H22ClNOS2/c1-12-6-5-7-13(2)16(12)18(14(19)10-17)11-15-20-8-3-4-9-21-15/h5-7,15H,3-4,8-11H2,1-2H3. The van der Waals surface area contributed by atoms with E-state index in [2.05, 4.69) is 26.0 Å². The molecule has 0 aromatic heterocycles. The van der Waals surface area contributed by atoms with Gasteiger partial charge < -0.3 is 4.90 Å². The number of hydrogen-bond donors (Lipinski definition) is 0. The average molecular weight is 344 g/mol. The van der Waals surface area contributed by atoms with Crippen molar-refractivity contribution in [3.8, 4) is 0 Å². The Kier molecular flexibility index (Phi) is 6.77. The Morgan fingerprint density at radius 2 is 1.81 bits per heavy atom. The Hall–Kier alpha value is -0.320. The zero-order valence-corrected chi connectivity index (χ0v) is 15.0. The van der Waals surface area contributed by atoms with Crippen LogP contribution in [0.3, 0.4) is 0 Å². The smallest absolute Gasteiger partial charge is 0.241 e. The summed E-state index contributed by atoms with van der Waals surface area (Å²) in [5.74, 6) is 2.41. The number of rotatable bonds is 4. The first-order valence-electron chi connectivity index (χ1n) is 7.29. The van der Waals surface area contributed by atoms with Crippen LogP contribution in [0.2, 0.25) is 0 Å². The Morgan fingerprint density at radius 3 is 2.33 bits per heavy atom. The number of alkyl halides is 1. The summed E-state index contributed by atoms with van der Waals surface area (Å²) >= 11 is 9.79. The highest BCUT2D eigenvalue weighted by atomic mass is 35.5. The largest absolute Gasteiger partial charge is 0.309 e. The molecule has 1 saturated heterocycles. The van der Waals surface area contributed by atoms with Crippen LogP contribution in [0.4, 0.5) is 5.69 Å². The fraction of sp³-hybridized carbons (Fsp3) is 0.562. The maximum Gasteiger partial charge on any atom is 0.241 e. The van der Waals surface area contributed by atoms with E-state index < -0.39 is 0 Å². The number of nitrogens with zero attached hydrogens (tertiary/aromatic N) is 1. The van der Waals surface area contributed by atoms with Gasteiger partial charge in [0.15, 0.2) is 0 Å². The molecular weight excluding hydrogens is 322 g/mol. The maximum absolute atomic E-state index is 12.4. The van der Waals surface area contributed by atoms with Crippen molar-refractivity contribution in [3.63, 3.8) is 0 Å². The molecule has 0 bridgehead atoms. The van der Waals surface area contributed by atoms with Crippen LogP contribution in [-0.2, 0) is 4.79 Å². The maximum atomic E-state index is 12.4. The Bertz CT molecular complexity index is 467. The molecule has 1 aliphatic rings. The van der Waals surface area contributed by atoms with E-state index in [4.69, 9.17) is 11.6 Å². The van der Waals surface area contributed by atoms with Crippen LogP contribution in [0, 0.1) is 13.8 Å². The molecule has 0 aliphatic carbocycles. The quantitative estimate of drug-likeness (QED) is 0.753. The van der Waals surface area contributed by atoms with Crippen molar-refractivity contribution in [1.29, 1.82) is 0 Å². The van der Waals surface area contributed by atoms with E-state index >= 15 is 0 Å². The lowest BCUT2D eigenvalue weighted by Gasteiger charge is -2.29. The highest BCUT2D eigenvalue weighted by Gasteiger charge is 2.24. The molecule has 0 spiro atoms. The monoisotopic (exact) mass is 343 g/mol. The van der Waals surface area contributed by atoms with Crippen molar-refractivity contribution >= 4 is 46.7 Å². The van der Waals surface area contributed by atoms with Gasteiger partial charge in [0.1, 0.15) is 5.88 Å². The van der Waals surface area contributed by atoms with Gasteiger partial charge in [0.05, 0.1) is 4.58 Å². The third-order valence-electron chi connectivity index (χ3n) is 3.60. The number of benzene rings is 1. The highest BCUT2D eigenvalue weighted by Crippen LogP contribution is 2.33. The zero-order valence-electron chi connectivity index (χ0n) is 12.6. The number of carbonyl (C=O) groups is 1. The summed E-state index contributed by atoms with van der Waals surface area (Å²) in [5, 5.41) is 0. The molecule has 1 aromatic rings. The van der Waals surface area contributed by atoms with Crippen LogP contribution in [0.1, 0.15) is 24.0 Å². The molecule has 1 fully saturated rings. The summed E-state index contributed by atoms with van der Waals surface area (Å²) in [6.07, 6.45) is 2.56. The molecule has 1 aromatic carbocycles. The second-order valence-electron chi connectivity index (χ2n) is 5.26. The number of thioether (sulfide) groups is 2. The van der Waals surface area contributed by atoms with Gasteiger partial charge in [0.2, 0.25) is 5.91 Å². The summed E-state index contributed by atoms with van der Waals surface area (Å²) in [4.78, 5) is 14.2. The predicted octanol–water partition coefficient (Wildman–Crippen LogP) is 4.46. The molecule has 0 unspecified atom stereocenters. The average Bonchev–Trinajstić information content (AvgIpc) is 2.73. The van der Waals surface area contributed by atoms with Gasteiger partial charge in [-0.1, -0.05) is 18.2 Å². The van der Waals surface area contributed by atoms with Gasteiger partial charge in [-0.3, -0.25) is 4.79 Å². The van der Waals surface area contributed by atoms with Crippen LogP contribution >= 0.6 is 35.1 Å². The molecule has 5 heteroatoms. The van der Waals surface area contributed by atoms with E-state index in [-0.39, 0.29) is 11.8 Å². The number of anilines is 1. The summed E-state index contributed by atoms with van der Waals surface area (Å²) in [6.45, 7) is 4.86. The topological polar surface area (TPSA) is 20.3 Å². The van der Waals surface area contributed by atoms with Crippen molar-refractivity contribution < 1.29 is 4.79 Å². The molecular formula is C16H22ClNOS2. The fourth-order valence-electron chi connectivity index (χ4n) is 2.56. The Morgan fingerprint density at radius 1 is 1.24 bits per heavy atom. The second-order valence-corrected chi connectivity index (χ2v) is 8.44. The minimum absolute atomic E-state index is 0.000450. The van der Waals surface area contributed by atoms with Crippen molar-refractivity contribution in [2.75, 3.05) is 28.8 Å². The van der Waals surface area contributed by atoms with Gasteiger partial charge in [-0.05, 0) is 49.3 Å². The molecule has 1 heterocycles. The van der Waals surface area contributed by atoms with E-state index in [9.17, 15) is 4.79 Å². The van der Waals surface area contributed by atoms with Crippen molar-refractivity contribution in [2.45, 2.75) is 31.3 Å². The first kappa shape index (κ1) is 17.0. The summed E-state index contributed by atoms with van der Waals surface area (Å²) < 4.78 is 0.443. The number of hydrogen-bond acceptors (Lipinski definition) is 3. The van der Waals surface area contributed by atoms with Crippen LogP contribution in [0.15, 0.2) is 18.2 Å². The van der Waals surface area contributed by atoms with Crippen molar-refractivity contribution in [1.82, 2.24) is 0 Å². The number of carbonyl (C=O) groups excluding carboxylic acids is 1. The van der Waals surface area contributed by atoms with Gasteiger partial charge in [-0.25, -0.2) is 0 Å². The van der Waals surface area contributed by atoms with E-state index in [1.807, 2.05) is 34.5 Å². The lowest BCUT2D eigenvalue weighted by atomic mass is 10.1. The van der Waals surface area contributed by atoms with E-state index in [0.29, 0.717) is 4.58 Å². The lowest BCUT2D eigenvalue weighted by Crippen LogP contribution is -2.37. The Labute approximate surface area is 141 Å². The SMILES string of the molecule is Cc1cccc(C)c1N(CC1SCCCCS1)C(=O)CCl. The van der Waals surface area contributed by atoms with Crippen molar-refractivity contribution in [2.24, 2.45) is 0 Å². The van der Waals surface area contributed by atoms with Crippen LogP contribution in [-0.4, -0.2) is 34.4 Å². The van der Waals surface area contributed by atoms with Gasteiger partial charge in [0.25, 0.3) is 0 Å². The van der Waals surface area contributed by atoms with Crippen LogP contribution < -0.4 is 4.90 Å². The van der Waals surface area contributed by atoms with Gasteiger partial charge in [-0.15, -0.1) is 35.1 Å². The van der Waals surface area contributed by atoms with Gasteiger partial charge in [0, 0.05) is 12.2 Å². The molecule has 0 N–H and O–H groups in total. The third-order valence-corrected chi connectivity index (χ3v) is 6.74. The molecule has 21 heavy (non-hydrogen) atoms. The van der Waals surface area contributed by atoms with Gasteiger partial charge >= 0.3 is 0 Å². The van der Waals surface area contributed by atoms with Crippen LogP contribution in [0.25, 0.3) is 0 Å². The molecule has 1 aliphatic heterocycles. The van der Waals surface area contributed by atoms with E-state index in [0.717, 1.165) is 23.4 Å². The van der Waals surface area contributed by atoms with Gasteiger partial charge in [-0.2, -0.15) is 0 Å². The normalized spacial score (nSPS) is 16.5. The minimum Gasteiger partial charge on any atom is -0.309 e. The predicted molar refractivity (Wildman–Crippen MR) is 96.9 cm³/mol. The zero-order chi connectivity index (χ0) is 15.2. The second kappa shape index (κ2) is 8.35. The summed E-state index contributed by atoms with van der Waals surface area (Å²) in [6, 6.07) is 6.15. The summed E-state index contributed by atoms with van der Waals surface area (Å²) in [7, 11) is 0. The molecule has 0 radical (unpaired) electrons. The number of halogens is 1. The highest BCUT2D eigenvalue weighted by molar-refractivity contribution is 8.17. The molecule has 2 nitrogen and oxygen atoms in total. The number of para-hydroxylation sites is 1.